The zero-order valence-corrected chi connectivity index (χ0v) is 18.0. The lowest BCUT2D eigenvalue weighted by Crippen LogP contribution is -2.35. The van der Waals surface area contributed by atoms with Gasteiger partial charge >= 0.3 is 12.1 Å². The zero-order chi connectivity index (χ0) is 23.4. The standard InChI is InChI=1S/C17H21N11O3S/c1-25(6-3-11(18)19)16(30)27-8-5-13(24-27)26(2)17(31)28-7-4-12(23-28)22-14(29)10-9-32-15(20)21-10/h4-5,7-9H,3,6H2,1-2H3,(H3,18,19)(H2,20,21)(H,22,23,29). The number of nitrogens with two attached hydrogens (primary N) is 2. The molecule has 3 aromatic heterocycles. The number of hydrogen-bond donors (Lipinski definition) is 4. The number of nitrogen functional groups attached to an aromatic ring is 1. The third-order valence-corrected chi connectivity index (χ3v) is 4.90. The average Bonchev–Trinajstić information content (AvgIpc) is 3.51. The summed E-state index contributed by atoms with van der Waals surface area (Å²) in [4.78, 5) is 43.7. The van der Waals surface area contributed by atoms with E-state index in [0.29, 0.717) is 0 Å². The number of hydrogen-bond acceptors (Lipinski definition) is 9. The van der Waals surface area contributed by atoms with E-state index in [4.69, 9.17) is 16.9 Å². The molecule has 3 rings (SSSR count). The van der Waals surface area contributed by atoms with Crippen LogP contribution in [0.25, 0.3) is 0 Å². The number of aromatic nitrogens is 5. The summed E-state index contributed by atoms with van der Waals surface area (Å²) in [6, 6.07) is 1.94. The van der Waals surface area contributed by atoms with E-state index in [9.17, 15) is 14.4 Å². The van der Waals surface area contributed by atoms with E-state index in [1.807, 2.05) is 0 Å². The Hall–Kier alpha value is -4.27. The van der Waals surface area contributed by atoms with Gasteiger partial charge in [-0.1, -0.05) is 0 Å². The maximum atomic E-state index is 12.7. The molecule has 0 aliphatic heterocycles. The van der Waals surface area contributed by atoms with E-state index < -0.39 is 18.0 Å². The van der Waals surface area contributed by atoms with Crippen molar-refractivity contribution in [1.82, 2.24) is 29.4 Å². The van der Waals surface area contributed by atoms with Gasteiger partial charge in [-0.05, 0) is 0 Å². The number of nitrogens with one attached hydrogen (secondary N) is 2. The normalized spacial score (nSPS) is 10.6. The van der Waals surface area contributed by atoms with Crippen molar-refractivity contribution in [2.24, 2.45) is 5.73 Å². The third kappa shape index (κ3) is 5.07. The van der Waals surface area contributed by atoms with Crippen LogP contribution in [0.15, 0.2) is 29.9 Å². The highest BCUT2D eigenvalue weighted by atomic mass is 32.1. The molecule has 0 unspecified atom stereocenters. The van der Waals surface area contributed by atoms with Crippen LogP contribution in [0.5, 0.6) is 0 Å². The van der Waals surface area contributed by atoms with Crippen LogP contribution in [-0.4, -0.2) is 73.9 Å². The van der Waals surface area contributed by atoms with Crippen LogP contribution in [0.1, 0.15) is 16.9 Å². The molecule has 14 nitrogen and oxygen atoms in total. The van der Waals surface area contributed by atoms with Gasteiger partial charge in [-0.2, -0.15) is 9.36 Å². The minimum atomic E-state index is -0.564. The molecule has 0 atom stereocenters. The molecule has 0 spiro atoms. The van der Waals surface area contributed by atoms with Crippen molar-refractivity contribution < 1.29 is 14.4 Å². The Labute approximate surface area is 185 Å². The molecule has 6 N–H and O–H groups in total. The molecule has 3 aromatic rings. The molecule has 15 heteroatoms. The molecule has 0 aromatic carbocycles. The fourth-order valence-electron chi connectivity index (χ4n) is 2.48. The van der Waals surface area contributed by atoms with Gasteiger partial charge in [0.2, 0.25) is 0 Å². The lowest BCUT2D eigenvalue weighted by Gasteiger charge is -2.16. The first kappa shape index (κ1) is 22.4. The van der Waals surface area contributed by atoms with Crippen LogP contribution in [-0.2, 0) is 0 Å². The monoisotopic (exact) mass is 459 g/mol. The molecule has 0 saturated heterocycles. The Morgan fingerprint density at radius 1 is 1.16 bits per heavy atom. The van der Waals surface area contributed by atoms with Gasteiger partial charge in [0.25, 0.3) is 5.91 Å². The number of nitrogens with zero attached hydrogens (tertiary/aromatic N) is 7. The molecule has 0 aliphatic rings. The first-order valence-corrected chi connectivity index (χ1v) is 10.0. The van der Waals surface area contributed by atoms with Gasteiger partial charge < -0.3 is 21.7 Å². The minimum Gasteiger partial charge on any atom is -0.388 e. The van der Waals surface area contributed by atoms with Gasteiger partial charge in [0, 0.05) is 57.0 Å². The predicted molar refractivity (Wildman–Crippen MR) is 118 cm³/mol. The Morgan fingerprint density at radius 3 is 2.50 bits per heavy atom. The highest BCUT2D eigenvalue weighted by Crippen LogP contribution is 2.14. The number of thiazole rings is 1. The van der Waals surface area contributed by atoms with Crippen LogP contribution in [0.4, 0.5) is 26.4 Å². The van der Waals surface area contributed by atoms with Gasteiger partial charge in [-0.25, -0.2) is 14.6 Å². The van der Waals surface area contributed by atoms with Crippen LogP contribution in [0.3, 0.4) is 0 Å². The molecular weight excluding hydrogens is 438 g/mol. The zero-order valence-electron chi connectivity index (χ0n) is 17.2. The lowest BCUT2D eigenvalue weighted by atomic mass is 10.4. The van der Waals surface area contributed by atoms with Gasteiger partial charge in [0.15, 0.2) is 16.8 Å². The Bertz CT molecular complexity index is 1160. The van der Waals surface area contributed by atoms with Crippen molar-refractivity contribution >= 4 is 51.9 Å². The molecular formula is C17H21N11O3S. The molecule has 0 bridgehead atoms. The van der Waals surface area contributed by atoms with Gasteiger partial charge in [0.05, 0.1) is 5.84 Å². The van der Waals surface area contributed by atoms with Crippen LogP contribution in [0, 0.1) is 5.41 Å². The first-order valence-electron chi connectivity index (χ1n) is 9.16. The van der Waals surface area contributed by atoms with Gasteiger partial charge in [-0.15, -0.1) is 21.5 Å². The first-order chi connectivity index (χ1) is 15.2. The summed E-state index contributed by atoms with van der Waals surface area (Å²) in [7, 11) is 3.03. The molecule has 3 heterocycles. The SMILES string of the molecule is CN(CCC(=N)N)C(=O)n1ccc(N(C)C(=O)n2ccc(NC(=O)c3csc(N)n3)n2)n1. The number of carbonyl (C=O) groups is 3. The molecule has 168 valence electrons. The van der Waals surface area contributed by atoms with E-state index in [1.54, 1.807) is 7.05 Å². The number of rotatable bonds is 6. The maximum Gasteiger partial charge on any atom is 0.350 e. The largest absolute Gasteiger partial charge is 0.388 e. The maximum absolute atomic E-state index is 12.7. The fourth-order valence-corrected chi connectivity index (χ4v) is 3.02. The highest BCUT2D eigenvalue weighted by molar-refractivity contribution is 7.13. The van der Waals surface area contributed by atoms with Crippen molar-refractivity contribution in [3.8, 4) is 0 Å². The number of amidine groups is 1. The van der Waals surface area contributed by atoms with E-state index in [1.165, 1.54) is 46.8 Å². The summed E-state index contributed by atoms with van der Waals surface area (Å²) in [6.45, 7) is 0.257. The predicted octanol–water partition coefficient (Wildman–Crippen LogP) is 0.701. The van der Waals surface area contributed by atoms with Crippen molar-refractivity contribution in [2.75, 3.05) is 36.6 Å². The minimum absolute atomic E-state index is 0.0263. The van der Waals surface area contributed by atoms with E-state index in [2.05, 4.69) is 20.5 Å². The average molecular weight is 459 g/mol. The van der Waals surface area contributed by atoms with Crippen molar-refractivity contribution in [1.29, 1.82) is 5.41 Å². The summed E-state index contributed by atoms with van der Waals surface area (Å²) >= 11 is 1.13. The van der Waals surface area contributed by atoms with E-state index in [0.717, 1.165) is 20.7 Å². The topological polar surface area (TPSA) is 194 Å². The second-order valence-electron chi connectivity index (χ2n) is 6.61. The number of carbonyl (C=O) groups excluding carboxylic acids is 3. The summed E-state index contributed by atoms with van der Waals surface area (Å²) in [5, 5.41) is 19.7. The Balaban J connectivity index is 1.64. The quantitative estimate of drug-likeness (QED) is 0.305. The van der Waals surface area contributed by atoms with Crippen LogP contribution in [0.2, 0.25) is 0 Å². The number of anilines is 3. The molecule has 0 aliphatic carbocycles. The Kier molecular flexibility index (Phi) is 6.48. The Morgan fingerprint density at radius 2 is 1.84 bits per heavy atom. The third-order valence-electron chi connectivity index (χ3n) is 4.23. The molecule has 3 amide bonds. The second kappa shape index (κ2) is 9.25. The smallest absolute Gasteiger partial charge is 0.350 e. The van der Waals surface area contributed by atoms with E-state index in [-0.39, 0.29) is 41.3 Å². The molecule has 32 heavy (non-hydrogen) atoms. The molecule has 0 radical (unpaired) electrons. The second-order valence-corrected chi connectivity index (χ2v) is 7.50. The number of amides is 3. The highest BCUT2D eigenvalue weighted by Gasteiger charge is 2.20. The summed E-state index contributed by atoms with van der Waals surface area (Å²) in [5.74, 6) is -0.171. The lowest BCUT2D eigenvalue weighted by molar-refractivity contribution is 0.102. The summed E-state index contributed by atoms with van der Waals surface area (Å²) in [6.07, 6.45) is 3.03. The van der Waals surface area contributed by atoms with Gasteiger partial charge in [-0.3, -0.25) is 15.1 Å². The van der Waals surface area contributed by atoms with Crippen LogP contribution < -0.4 is 21.7 Å². The molecule has 0 fully saturated rings. The van der Waals surface area contributed by atoms with Gasteiger partial charge in [0.1, 0.15) is 5.69 Å². The van der Waals surface area contributed by atoms with Crippen molar-refractivity contribution in [3.63, 3.8) is 0 Å². The summed E-state index contributed by atoms with van der Waals surface area (Å²) < 4.78 is 2.10. The van der Waals surface area contributed by atoms with Crippen LogP contribution >= 0.6 is 11.3 Å². The summed E-state index contributed by atoms with van der Waals surface area (Å²) in [5.41, 5.74) is 11.0. The van der Waals surface area contributed by atoms with Crippen molar-refractivity contribution in [3.05, 3.63) is 35.6 Å². The van der Waals surface area contributed by atoms with E-state index >= 15 is 0 Å². The molecule has 0 saturated carbocycles. The fraction of sp³-hybridized carbons (Fsp3) is 0.235. The van der Waals surface area contributed by atoms with Crippen molar-refractivity contribution in [2.45, 2.75) is 6.42 Å².